The van der Waals surface area contributed by atoms with Gasteiger partial charge < -0.3 is 5.11 Å². The molecule has 0 radical (unpaired) electrons. The molecule has 1 fully saturated rings. The van der Waals surface area contributed by atoms with Crippen molar-refractivity contribution in [3.05, 3.63) is 46.8 Å². The number of hydrogen-bond acceptors (Lipinski definition) is 4. The maximum atomic E-state index is 11.0. The number of carboxylic acids is 1. The zero-order valence-electron chi connectivity index (χ0n) is 15.6. The van der Waals surface area contributed by atoms with E-state index < -0.39 is 5.97 Å². The van der Waals surface area contributed by atoms with Crippen LogP contribution in [0.3, 0.4) is 0 Å². The molecule has 0 spiro atoms. The fraction of sp³-hybridized carbons (Fsp3) is 0.476. The average Bonchev–Trinajstić information content (AvgIpc) is 3.09. The Morgan fingerprint density at radius 3 is 2.50 bits per heavy atom. The minimum absolute atomic E-state index is 0.159. The van der Waals surface area contributed by atoms with Crippen molar-refractivity contribution >= 4 is 17.3 Å². The highest BCUT2D eigenvalue weighted by Gasteiger charge is 2.25. The smallest absolute Gasteiger partial charge is 0.317 e. The number of nitrogens with zero attached hydrogens (tertiary/aromatic N) is 2. The van der Waals surface area contributed by atoms with Crippen LogP contribution in [0, 0.1) is 6.92 Å². The van der Waals surface area contributed by atoms with Crippen LogP contribution in [-0.2, 0) is 11.3 Å². The van der Waals surface area contributed by atoms with Gasteiger partial charge in [0.05, 0.1) is 6.54 Å². The molecule has 2 heterocycles. The molecule has 1 N–H and O–H groups in total. The molecule has 2 aromatic rings. The topological polar surface area (TPSA) is 43.8 Å². The Hall–Kier alpha value is -1.69. The Morgan fingerprint density at radius 1 is 1.19 bits per heavy atom. The van der Waals surface area contributed by atoms with Crippen molar-refractivity contribution in [2.24, 2.45) is 0 Å². The fourth-order valence-corrected chi connectivity index (χ4v) is 4.73. The van der Waals surface area contributed by atoms with Gasteiger partial charge in [0.2, 0.25) is 0 Å². The van der Waals surface area contributed by atoms with Crippen molar-refractivity contribution in [3.8, 4) is 10.4 Å². The SMILES string of the molecule is CCN(CC(=O)O)C1CCN(Cc2ccc(-c3ccc(C)cc3)s2)CC1. The Bertz CT molecular complexity index is 718. The second-order valence-electron chi connectivity index (χ2n) is 7.10. The van der Waals surface area contributed by atoms with Crippen LogP contribution in [-0.4, -0.2) is 53.1 Å². The lowest BCUT2D eigenvalue weighted by Crippen LogP contribution is -2.46. The predicted molar refractivity (Wildman–Crippen MR) is 108 cm³/mol. The number of likely N-dealkylation sites (N-methyl/N-ethyl adjacent to an activating group) is 1. The second-order valence-corrected chi connectivity index (χ2v) is 8.26. The van der Waals surface area contributed by atoms with Crippen molar-refractivity contribution < 1.29 is 9.90 Å². The number of aryl methyl sites for hydroxylation is 1. The molecule has 0 aliphatic carbocycles. The van der Waals surface area contributed by atoms with Crippen molar-refractivity contribution in [3.63, 3.8) is 0 Å². The summed E-state index contributed by atoms with van der Waals surface area (Å²) in [5.41, 5.74) is 2.58. The third-order valence-corrected chi connectivity index (χ3v) is 6.31. The number of carbonyl (C=O) groups is 1. The normalized spacial score (nSPS) is 16.3. The molecule has 1 aromatic heterocycles. The molecule has 1 aromatic carbocycles. The molecule has 0 atom stereocenters. The quantitative estimate of drug-likeness (QED) is 0.795. The monoisotopic (exact) mass is 372 g/mol. The van der Waals surface area contributed by atoms with E-state index in [2.05, 4.69) is 53.1 Å². The first kappa shape index (κ1) is 19.1. The Morgan fingerprint density at radius 2 is 1.88 bits per heavy atom. The molecule has 0 bridgehead atoms. The van der Waals surface area contributed by atoms with Crippen molar-refractivity contribution in [1.29, 1.82) is 0 Å². The van der Waals surface area contributed by atoms with E-state index >= 15 is 0 Å². The van der Waals surface area contributed by atoms with E-state index in [1.165, 1.54) is 20.9 Å². The molecule has 0 unspecified atom stereocenters. The number of aliphatic carboxylic acids is 1. The summed E-state index contributed by atoms with van der Waals surface area (Å²) in [6, 6.07) is 13.6. The van der Waals surface area contributed by atoms with Gasteiger partial charge in [0.25, 0.3) is 0 Å². The molecule has 5 heteroatoms. The maximum absolute atomic E-state index is 11.0. The van der Waals surface area contributed by atoms with Crippen LogP contribution >= 0.6 is 11.3 Å². The summed E-state index contributed by atoms with van der Waals surface area (Å²) < 4.78 is 0. The first-order chi connectivity index (χ1) is 12.5. The van der Waals surface area contributed by atoms with Crippen molar-refractivity contribution in [2.45, 2.75) is 39.3 Å². The van der Waals surface area contributed by atoms with Crippen LogP contribution in [0.15, 0.2) is 36.4 Å². The lowest BCUT2D eigenvalue weighted by atomic mass is 10.0. The molecule has 26 heavy (non-hydrogen) atoms. The third kappa shape index (κ3) is 4.93. The van der Waals surface area contributed by atoms with E-state index in [1.807, 2.05) is 18.3 Å². The summed E-state index contributed by atoms with van der Waals surface area (Å²) in [5.74, 6) is -0.725. The third-order valence-electron chi connectivity index (χ3n) is 5.20. The number of likely N-dealkylation sites (tertiary alicyclic amines) is 1. The Labute approximate surface area is 160 Å². The average molecular weight is 373 g/mol. The van der Waals surface area contributed by atoms with Gasteiger partial charge in [-0.05, 0) is 44.0 Å². The van der Waals surface area contributed by atoms with Gasteiger partial charge in [-0.1, -0.05) is 36.8 Å². The fourth-order valence-electron chi connectivity index (χ4n) is 3.67. The summed E-state index contributed by atoms with van der Waals surface area (Å²) >= 11 is 1.88. The minimum atomic E-state index is -0.725. The van der Waals surface area contributed by atoms with E-state index in [1.54, 1.807) is 0 Å². The first-order valence-electron chi connectivity index (χ1n) is 9.39. The molecule has 1 aliphatic heterocycles. The zero-order valence-corrected chi connectivity index (χ0v) is 16.5. The van der Waals surface area contributed by atoms with Crippen LogP contribution < -0.4 is 0 Å². The van der Waals surface area contributed by atoms with E-state index in [0.29, 0.717) is 6.04 Å². The van der Waals surface area contributed by atoms with Crippen LogP contribution in [0.5, 0.6) is 0 Å². The number of hydrogen-bond donors (Lipinski definition) is 1. The molecule has 140 valence electrons. The van der Waals surface area contributed by atoms with Gasteiger partial charge in [-0.2, -0.15) is 0 Å². The zero-order chi connectivity index (χ0) is 18.5. The Kier molecular flexibility index (Phi) is 6.46. The van der Waals surface area contributed by atoms with Crippen molar-refractivity contribution in [2.75, 3.05) is 26.2 Å². The highest BCUT2D eigenvalue weighted by Crippen LogP contribution is 2.29. The second kappa shape index (κ2) is 8.80. The lowest BCUT2D eigenvalue weighted by Gasteiger charge is -2.37. The Balaban J connectivity index is 1.53. The molecule has 0 amide bonds. The standard InChI is InChI=1S/C21H28N2O2S/c1-3-23(15-21(24)25)18-10-12-22(13-11-18)14-19-8-9-20(26-19)17-6-4-16(2)5-7-17/h4-9,18H,3,10-15H2,1-2H3,(H,24,25). The van der Waals surface area contributed by atoms with Gasteiger partial charge >= 0.3 is 5.97 Å². The van der Waals surface area contributed by atoms with E-state index in [0.717, 1.165) is 39.0 Å². The molecule has 4 nitrogen and oxygen atoms in total. The van der Waals surface area contributed by atoms with Gasteiger partial charge in [-0.15, -0.1) is 11.3 Å². The van der Waals surface area contributed by atoms with E-state index in [4.69, 9.17) is 5.11 Å². The van der Waals surface area contributed by atoms with Gasteiger partial charge in [-0.25, -0.2) is 0 Å². The predicted octanol–water partition coefficient (Wildman–Crippen LogP) is 4.09. The van der Waals surface area contributed by atoms with Crippen LogP contribution in [0.2, 0.25) is 0 Å². The first-order valence-corrected chi connectivity index (χ1v) is 10.2. The number of rotatable bonds is 7. The van der Waals surface area contributed by atoms with Crippen molar-refractivity contribution in [1.82, 2.24) is 9.80 Å². The van der Waals surface area contributed by atoms with Crippen LogP contribution in [0.4, 0.5) is 0 Å². The lowest BCUT2D eigenvalue weighted by molar-refractivity contribution is -0.139. The maximum Gasteiger partial charge on any atom is 0.317 e. The number of carboxylic acid groups (broad SMARTS) is 1. The molecular weight excluding hydrogens is 344 g/mol. The molecular formula is C21H28N2O2S. The van der Waals surface area contributed by atoms with E-state index in [-0.39, 0.29) is 6.54 Å². The van der Waals surface area contributed by atoms with Gasteiger partial charge in [0, 0.05) is 35.4 Å². The van der Waals surface area contributed by atoms with Crippen LogP contribution in [0.1, 0.15) is 30.2 Å². The minimum Gasteiger partial charge on any atom is -0.480 e. The van der Waals surface area contributed by atoms with Gasteiger partial charge in [0.1, 0.15) is 0 Å². The van der Waals surface area contributed by atoms with Crippen LogP contribution in [0.25, 0.3) is 10.4 Å². The summed E-state index contributed by atoms with van der Waals surface area (Å²) in [6.07, 6.45) is 2.11. The molecule has 3 rings (SSSR count). The highest BCUT2D eigenvalue weighted by atomic mass is 32.1. The van der Waals surface area contributed by atoms with Gasteiger partial charge in [-0.3, -0.25) is 14.6 Å². The largest absolute Gasteiger partial charge is 0.480 e. The van der Waals surface area contributed by atoms with Gasteiger partial charge in [0.15, 0.2) is 0 Å². The summed E-state index contributed by atoms with van der Waals surface area (Å²) in [5, 5.41) is 9.05. The molecule has 1 saturated heterocycles. The number of piperidine rings is 1. The number of benzene rings is 1. The summed E-state index contributed by atoms with van der Waals surface area (Å²) in [7, 11) is 0. The molecule has 0 saturated carbocycles. The highest BCUT2D eigenvalue weighted by molar-refractivity contribution is 7.15. The summed E-state index contributed by atoms with van der Waals surface area (Å²) in [4.78, 5) is 18.3. The number of thiophene rings is 1. The van der Waals surface area contributed by atoms with E-state index in [9.17, 15) is 4.79 Å². The molecule has 1 aliphatic rings. The summed E-state index contributed by atoms with van der Waals surface area (Å²) in [6.45, 7) is 8.20.